The number of nitrogen functional groups attached to an aromatic ring is 1. The Morgan fingerprint density at radius 2 is 2.00 bits per heavy atom. The number of nitrogens with two attached hydrogens (primary N) is 1. The Bertz CT molecular complexity index is 373. The molecule has 0 aliphatic carbocycles. The van der Waals surface area contributed by atoms with Crippen molar-refractivity contribution in [2.24, 2.45) is 0 Å². The van der Waals surface area contributed by atoms with Crippen molar-refractivity contribution in [3.8, 4) is 11.5 Å². The fourth-order valence-corrected chi connectivity index (χ4v) is 1.01. The normalized spacial score (nSPS) is 9.92. The summed E-state index contributed by atoms with van der Waals surface area (Å²) in [6.45, 7) is 1.56. The van der Waals surface area contributed by atoms with E-state index in [0.717, 1.165) is 0 Å². The molecule has 5 heteroatoms. The van der Waals surface area contributed by atoms with Crippen molar-refractivity contribution < 1.29 is 20.1 Å². The molecular formula is C8H9NO4. The van der Waals surface area contributed by atoms with Gasteiger partial charge in [-0.1, -0.05) is 0 Å². The number of hydrogen-bond donors (Lipinski definition) is 4. The molecule has 70 valence electrons. The number of carbonyl (C=O) groups is 1. The number of phenols is 2. The molecule has 0 fully saturated rings. The molecular weight excluding hydrogens is 174 g/mol. The van der Waals surface area contributed by atoms with Crippen molar-refractivity contribution in [3.05, 3.63) is 17.2 Å². The average molecular weight is 183 g/mol. The van der Waals surface area contributed by atoms with Crippen molar-refractivity contribution in [2.75, 3.05) is 5.73 Å². The van der Waals surface area contributed by atoms with Crippen LogP contribution in [0.1, 0.15) is 15.9 Å². The molecule has 5 nitrogen and oxygen atoms in total. The molecule has 5 N–H and O–H groups in total. The van der Waals surface area contributed by atoms with Gasteiger partial charge in [0.05, 0.1) is 5.69 Å². The number of hydrogen-bond acceptors (Lipinski definition) is 4. The van der Waals surface area contributed by atoms with Gasteiger partial charge in [0, 0.05) is 0 Å². The van der Waals surface area contributed by atoms with Crippen LogP contribution in [0.15, 0.2) is 6.07 Å². The molecule has 0 saturated carbocycles. The highest BCUT2D eigenvalue weighted by Gasteiger charge is 2.19. The minimum atomic E-state index is -1.42. The maximum Gasteiger partial charge on any atom is 0.343 e. The summed E-state index contributed by atoms with van der Waals surface area (Å²) in [5.41, 5.74) is 5.20. The Morgan fingerprint density at radius 1 is 1.46 bits per heavy atom. The highest BCUT2D eigenvalue weighted by atomic mass is 16.4. The van der Waals surface area contributed by atoms with Gasteiger partial charge in [-0.05, 0) is 18.6 Å². The van der Waals surface area contributed by atoms with E-state index >= 15 is 0 Å². The molecule has 0 heterocycles. The Balaban J connectivity index is 3.53. The standard InChI is InChI=1S/C8H9NO4/c1-3-2-4(10)5(8(12)13)7(11)6(3)9/h2,10-11H,9H2,1H3,(H,12,13). The molecule has 1 rings (SSSR count). The van der Waals surface area contributed by atoms with Crippen LogP contribution in [0.25, 0.3) is 0 Å². The molecule has 13 heavy (non-hydrogen) atoms. The fraction of sp³-hybridized carbons (Fsp3) is 0.125. The molecule has 0 unspecified atom stereocenters. The quantitative estimate of drug-likeness (QED) is 0.291. The van der Waals surface area contributed by atoms with E-state index in [1.54, 1.807) is 6.92 Å². The topological polar surface area (TPSA) is 104 Å². The second-order valence-corrected chi connectivity index (χ2v) is 2.66. The largest absolute Gasteiger partial charge is 0.507 e. The Labute approximate surface area is 74.0 Å². The zero-order chi connectivity index (χ0) is 10.2. The molecule has 0 saturated heterocycles. The van der Waals surface area contributed by atoms with Gasteiger partial charge in [0.25, 0.3) is 0 Å². The van der Waals surface area contributed by atoms with Crippen LogP contribution in [0, 0.1) is 6.92 Å². The maximum absolute atomic E-state index is 10.5. The van der Waals surface area contributed by atoms with Crippen LogP contribution in [-0.2, 0) is 0 Å². The fourth-order valence-electron chi connectivity index (χ4n) is 1.01. The van der Waals surface area contributed by atoms with Crippen LogP contribution in [0.4, 0.5) is 5.69 Å². The summed E-state index contributed by atoms with van der Waals surface area (Å²) < 4.78 is 0. The van der Waals surface area contributed by atoms with E-state index in [2.05, 4.69) is 0 Å². The lowest BCUT2D eigenvalue weighted by Gasteiger charge is -2.07. The number of carboxylic acids is 1. The van der Waals surface area contributed by atoms with E-state index in [1.807, 2.05) is 0 Å². The SMILES string of the molecule is Cc1cc(O)c(C(=O)O)c(O)c1N. The third-order valence-electron chi connectivity index (χ3n) is 1.74. The van der Waals surface area contributed by atoms with Gasteiger partial charge in [0.15, 0.2) is 5.75 Å². The van der Waals surface area contributed by atoms with E-state index in [1.165, 1.54) is 6.07 Å². The molecule has 0 radical (unpaired) electrons. The zero-order valence-corrected chi connectivity index (χ0v) is 6.90. The van der Waals surface area contributed by atoms with E-state index in [-0.39, 0.29) is 5.69 Å². The second kappa shape index (κ2) is 2.85. The molecule has 0 aliphatic rings. The summed E-state index contributed by atoms with van der Waals surface area (Å²) in [5, 5.41) is 27.0. The van der Waals surface area contributed by atoms with Gasteiger partial charge in [-0.3, -0.25) is 0 Å². The Hall–Kier alpha value is -1.91. The van der Waals surface area contributed by atoms with Crippen molar-refractivity contribution in [3.63, 3.8) is 0 Å². The monoisotopic (exact) mass is 183 g/mol. The van der Waals surface area contributed by atoms with E-state index < -0.39 is 23.0 Å². The number of aromatic carboxylic acids is 1. The zero-order valence-electron chi connectivity index (χ0n) is 6.90. The smallest absolute Gasteiger partial charge is 0.343 e. The van der Waals surface area contributed by atoms with Crippen LogP contribution in [0.3, 0.4) is 0 Å². The molecule has 0 aliphatic heterocycles. The second-order valence-electron chi connectivity index (χ2n) is 2.66. The predicted molar refractivity (Wildman–Crippen MR) is 45.9 cm³/mol. The lowest BCUT2D eigenvalue weighted by atomic mass is 10.1. The minimum Gasteiger partial charge on any atom is -0.507 e. The average Bonchev–Trinajstić information content (AvgIpc) is 1.99. The van der Waals surface area contributed by atoms with Crippen molar-refractivity contribution in [2.45, 2.75) is 6.92 Å². The van der Waals surface area contributed by atoms with Crippen molar-refractivity contribution in [1.29, 1.82) is 0 Å². The Morgan fingerprint density at radius 3 is 2.46 bits per heavy atom. The first kappa shape index (κ1) is 9.18. The highest BCUT2D eigenvalue weighted by molar-refractivity contribution is 5.96. The first-order valence-electron chi connectivity index (χ1n) is 3.49. The third kappa shape index (κ3) is 1.35. The van der Waals surface area contributed by atoms with Gasteiger partial charge in [-0.15, -0.1) is 0 Å². The molecule has 0 amide bonds. The van der Waals surface area contributed by atoms with Crippen molar-refractivity contribution in [1.82, 2.24) is 0 Å². The first-order chi connectivity index (χ1) is 5.95. The molecule has 1 aromatic rings. The van der Waals surface area contributed by atoms with Crippen LogP contribution in [-0.4, -0.2) is 21.3 Å². The predicted octanol–water partition coefficient (Wildman–Crippen LogP) is 0.687. The molecule has 0 spiro atoms. The molecule has 0 atom stereocenters. The number of aryl methyl sites for hydroxylation is 1. The third-order valence-corrected chi connectivity index (χ3v) is 1.74. The van der Waals surface area contributed by atoms with Gasteiger partial charge in [0.1, 0.15) is 11.3 Å². The lowest BCUT2D eigenvalue weighted by Crippen LogP contribution is -2.01. The Kier molecular flexibility index (Phi) is 2.02. The lowest BCUT2D eigenvalue weighted by molar-refractivity contribution is 0.0690. The molecule has 0 aromatic heterocycles. The number of aromatic hydroxyl groups is 2. The number of benzene rings is 1. The summed E-state index contributed by atoms with van der Waals surface area (Å²) in [7, 11) is 0. The van der Waals surface area contributed by atoms with Crippen LogP contribution in [0.5, 0.6) is 11.5 Å². The number of anilines is 1. The first-order valence-corrected chi connectivity index (χ1v) is 3.49. The van der Waals surface area contributed by atoms with E-state index in [9.17, 15) is 15.0 Å². The van der Waals surface area contributed by atoms with Gasteiger partial charge in [-0.2, -0.15) is 0 Å². The maximum atomic E-state index is 10.5. The summed E-state index contributed by atoms with van der Waals surface area (Å²) in [6, 6.07) is 1.19. The minimum absolute atomic E-state index is 0.0322. The van der Waals surface area contributed by atoms with E-state index in [0.29, 0.717) is 5.56 Å². The number of carboxylic acid groups (broad SMARTS) is 1. The van der Waals surface area contributed by atoms with Gasteiger partial charge < -0.3 is 21.1 Å². The van der Waals surface area contributed by atoms with Gasteiger partial charge >= 0.3 is 5.97 Å². The van der Waals surface area contributed by atoms with Crippen LogP contribution >= 0.6 is 0 Å². The summed E-state index contributed by atoms with van der Waals surface area (Å²) in [6.07, 6.45) is 0. The number of rotatable bonds is 1. The summed E-state index contributed by atoms with van der Waals surface area (Å²) in [5.74, 6) is -2.50. The van der Waals surface area contributed by atoms with Gasteiger partial charge in [0.2, 0.25) is 0 Å². The van der Waals surface area contributed by atoms with E-state index in [4.69, 9.17) is 10.8 Å². The highest BCUT2D eigenvalue weighted by Crippen LogP contribution is 2.34. The molecule has 1 aromatic carbocycles. The molecule has 0 bridgehead atoms. The van der Waals surface area contributed by atoms with Crippen molar-refractivity contribution >= 4 is 11.7 Å². The summed E-state index contributed by atoms with van der Waals surface area (Å²) >= 11 is 0. The van der Waals surface area contributed by atoms with Gasteiger partial charge in [-0.25, -0.2) is 4.79 Å². The summed E-state index contributed by atoms with van der Waals surface area (Å²) in [4.78, 5) is 10.5. The van der Waals surface area contributed by atoms with Crippen LogP contribution < -0.4 is 5.73 Å². The van der Waals surface area contributed by atoms with Crippen LogP contribution in [0.2, 0.25) is 0 Å².